The third-order valence-corrected chi connectivity index (χ3v) is 4.66. The van der Waals surface area contributed by atoms with Crippen LogP contribution in [0.4, 0.5) is 0 Å². The highest BCUT2D eigenvalue weighted by molar-refractivity contribution is 6.37. The van der Waals surface area contributed by atoms with Gasteiger partial charge in [-0.15, -0.1) is 5.10 Å². The average molecular weight is 429 g/mol. The first-order valence-electron chi connectivity index (χ1n) is 8.12. The maximum atomic E-state index is 12.0. The number of nitrogens with one attached hydrogen (secondary N) is 2. The molecule has 1 aromatic carbocycles. The predicted octanol–water partition coefficient (Wildman–Crippen LogP) is 3.08. The summed E-state index contributed by atoms with van der Waals surface area (Å²) in [6, 6.07) is 6.16. The summed E-state index contributed by atoms with van der Waals surface area (Å²) >= 11 is 12.6. The van der Waals surface area contributed by atoms with Crippen molar-refractivity contribution in [2.75, 3.05) is 0 Å². The summed E-state index contributed by atoms with van der Waals surface area (Å²) < 4.78 is 6.62. The number of aromatic amines is 2. The van der Waals surface area contributed by atoms with Gasteiger partial charge in [0.05, 0.1) is 21.9 Å². The quantitative estimate of drug-likeness (QED) is 0.515. The van der Waals surface area contributed by atoms with Crippen LogP contribution in [0.1, 0.15) is 11.3 Å². The number of hydrogen-bond acceptors (Lipinski definition) is 6. The first-order valence-corrected chi connectivity index (χ1v) is 8.87. The maximum absolute atomic E-state index is 12.0. The lowest BCUT2D eigenvalue weighted by Gasteiger charge is -2.12. The fourth-order valence-corrected chi connectivity index (χ4v) is 3.26. The summed E-state index contributed by atoms with van der Waals surface area (Å²) in [5, 5.41) is 13.7. The Balaban J connectivity index is 1.76. The number of pyridine rings is 1. The molecule has 0 aliphatic rings. The van der Waals surface area contributed by atoms with Crippen LogP contribution in [0.2, 0.25) is 10.0 Å². The van der Waals surface area contributed by atoms with Gasteiger partial charge in [-0.1, -0.05) is 23.2 Å². The van der Waals surface area contributed by atoms with Crippen molar-refractivity contribution in [1.82, 2.24) is 24.7 Å². The van der Waals surface area contributed by atoms with Gasteiger partial charge in [-0.25, -0.2) is 9.78 Å². The minimum atomic E-state index is -0.881. The second-order valence-electron chi connectivity index (χ2n) is 6.01. The van der Waals surface area contributed by atoms with E-state index in [4.69, 9.17) is 33.2 Å². The molecule has 29 heavy (non-hydrogen) atoms. The standard InChI is InChI=1S/C18H10Cl2N6O3/c1-8-6-22-16-11(8)4-10(7-23-16)29-15-12(19)2-9(3-13(15)20)26-18(28)24-17(27)14(5-21)25-26/h2-4,6-7H,1H3,(H,22,23)(H,24,27,28). The van der Waals surface area contributed by atoms with Crippen LogP contribution in [0.3, 0.4) is 0 Å². The van der Waals surface area contributed by atoms with Crippen LogP contribution in [0.5, 0.6) is 11.5 Å². The molecule has 0 spiro atoms. The van der Waals surface area contributed by atoms with E-state index in [9.17, 15) is 9.59 Å². The number of aryl methyl sites for hydroxylation is 1. The van der Waals surface area contributed by atoms with Crippen molar-refractivity contribution in [2.45, 2.75) is 6.92 Å². The van der Waals surface area contributed by atoms with Crippen molar-refractivity contribution in [2.24, 2.45) is 0 Å². The van der Waals surface area contributed by atoms with Gasteiger partial charge in [0.1, 0.15) is 17.5 Å². The van der Waals surface area contributed by atoms with E-state index in [0.717, 1.165) is 21.3 Å². The van der Waals surface area contributed by atoms with Crippen LogP contribution < -0.4 is 16.0 Å². The van der Waals surface area contributed by atoms with Crippen molar-refractivity contribution in [3.05, 3.63) is 72.7 Å². The van der Waals surface area contributed by atoms with Crippen LogP contribution in [0.25, 0.3) is 16.7 Å². The smallest absolute Gasteiger partial charge is 0.349 e. The monoisotopic (exact) mass is 428 g/mol. The van der Waals surface area contributed by atoms with Gasteiger partial charge >= 0.3 is 5.69 Å². The molecule has 0 saturated heterocycles. The molecule has 4 aromatic rings. The number of H-pyrrole nitrogens is 2. The highest BCUT2D eigenvalue weighted by Gasteiger charge is 2.15. The van der Waals surface area contributed by atoms with Crippen LogP contribution in [-0.2, 0) is 0 Å². The summed E-state index contributed by atoms with van der Waals surface area (Å²) in [6.07, 6.45) is 3.35. The van der Waals surface area contributed by atoms with Gasteiger partial charge in [-0.2, -0.15) is 9.94 Å². The van der Waals surface area contributed by atoms with E-state index >= 15 is 0 Å². The van der Waals surface area contributed by atoms with Crippen LogP contribution in [0, 0.1) is 18.3 Å². The first kappa shape index (κ1) is 18.7. The van der Waals surface area contributed by atoms with Gasteiger partial charge in [0.15, 0.2) is 5.75 Å². The first-order chi connectivity index (χ1) is 13.9. The molecule has 0 amide bonds. The third-order valence-electron chi connectivity index (χ3n) is 4.09. The van der Waals surface area contributed by atoms with Crippen molar-refractivity contribution in [3.63, 3.8) is 0 Å². The molecule has 3 aromatic heterocycles. The molecular weight excluding hydrogens is 419 g/mol. The van der Waals surface area contributed by atoms with E-state index in [1.807, 2.05) is 18.1 Å². The number of ether oxygens (including phenoxy) is 1. The van der Waals surface area contributed by atoms with Crippen LogP contribution in [-0.4, -0.2) is 24.7 Å². The number of benzene rings is 1. The van der Waals surface area contributed by atoms with Crippen molar-refractivity contribution in [3.8, 4) is 23.3 Å². The van der Waals surface area contributed by atoms with Gasteiger partial charge in [0.2, 0.25) is 5.69 Å². The summed E-state index contributed by atoms with van der Waals surface area (Å²) in [5.74, 6) is 0.576. The number of halogens is 2. The Morgan fingerprint density at radius 1 is 1.21 bits per heavy atom. The molecule has 0 aliphatic heterocycles. The molecule has 0 radical (unpaired) electrons. The zero-order valence-electron chi connectivity index (χ0n) is 14.7. The molecule has 0 fully saturated rings. The lowest BCUT2D eigenvalue weighted by Crippen LogP contribution is -2.33. The van der Waals surface area contributed by atoms with E-state index < -0.39 is 16.9 Å². The second kappa shape index (κ2) is 7.09. The van der Waals surface area contributed by atoms with Crippen molar-refractivity contribution in [1.29, 1.82) is 5.26 Å². The number of rotatable bonds is 3. The van der Waals surface area contributed by atoms with E-state index in [0.29, 0.717) is 5.75 Å². The number of nitrogens with zero attached hydrogens (tertiary/aromatic N) is 4. The predicted molar refractivity (Wildman–Crippen MR) is 106 cm³/mol. The molecule has 0 unspecified atom stereocenters. The van der Waals surface area contributed by atoms with Gasteiger partial charge in [-0.05, 0) is 30.7 Å². The minimum Gasteiger partial charge on any atom is -0.453 e. The second-order valence-corrected chi connectivity index (χ2v) is 6.83. The number of aromatic nitrogens is 5. The Hall–Kier alpha value is -3.61. The third kappa shape index (κ3) is 3.35. The maximum Gasteiger partial charge on any atom is 0.349 e. The van der Waals surface area contributed by atoms with Crippen molar-refractivity contribution >= 4 is 34.2 Å². The molecule has 0 aliphatic carbocycles. The zero-order chi connectivity index (χ0) is 20.7. The van der Waals surface area contributed by atoms with Gasteiger partial charge < -0.3 is 9.72 Å². The van der Waals surface area contributed by atoms with E-state index in [1.165, 1.54) is 18.3 Å². The lowest BCUT2D eigenvalue weighted by atomic mass is 10.2. The highest BCUT2D eigenvalue weighted by Crippen LogP contribution is 2.38. The minimum absolute atomic E-state index is 0.0943. The molecular formula is C18H10Cl2N6O3. The van der Waals surface area contributed by atoms with Crippen LogP contribution in [0.15, 0.2) is 40.2 Å². The molecule has 0 atom stereocenters. The average Bonchev–Trinajstić information content (AvgIpc) is 3.05. The molecule has 4 rings (SSSR count). The van der Waals surface area contributed by atoms with E-state index in [2.05, 4.69) is 15.1 Å². The molecule has 0 bridgehead atoms. The lowest BCUT2D eigenvalue weighted by molar-refractivity contribution is 0.481. The largest absolute Gasteiger partial charge is 0.453 e. The SMILES string of the molecule is Cc1c[nH]c2ncc(Oc3c(Cl)cc(-n4nc(C#N)c(=O)[nH]c4=O)cc3Cl)cc12. The molecule has 3 heterocycles. The Kier molecular flexibility index (Phi) is 4.58. The van der Waals surface area contributed by atoms with Gasteiger partial charge in [0.25, 0.3) is 5.56 Å². The zero-order valence-corrected chi connectivity index (χ0v) is 16.2. The summed E-state index contributed by atoms with van der Waals surface area (Å²) in [4.78, 5) is 32.9. The van der Waals surface area contributed by atoms with E-state index in [1.54, 1.807) is 12.1 Å². The Morgan fingerprint density at radius 3 is 2.62 bits per heavy atom. The van der Waals surface area contributed by atoms with Crippen LogP contribution >= 0.6 is 23.2 Å². The van der Waals surface area contributed by atoms with Crippen molar-refractivity contribution < 1.29 is 4.74 Å². The topological polar surface area (TPSA) is 129 Å². The number of nitriles is 1. The fraction of sp³-hybridized carbons (Fsp3) is 0.0556. The normalized spacial score (nSPS) is 10.8. The molecule has 11 heteroatoms. The number of hydrogen-bond donors (Lipinski definition) is 2. The molecule has 9 nitrogen and oxygen atoms in total. The highest BCUT2D eigenvalue weighted by atomic mass is 35.5. The Bertz CT molecular complexity index is 1410. The molecule has 144 valence electrons. The van der Waals surface area contributed by atoms with Gasteiger partial charge in [0, 0.05) is 11.6 Å². The summed E-state index contributed by atoms with van der Waals surface area (Å²) in [7, 11) is 0. The molecule has 2 N–H and O–H groups in total. The fourth-order valence-electron chi connectivity index (χ4n) is 2.70. The Labute approximate surface area is 172 Å². The number of fused-ring (bicyclic) bond motifs is 1. The molecule has 0 saturated carbocycles. The Morgan fingerprint density at radius 2 is 1.93 bits per heavy atom. The summed E-state index contributed by atoms with van der Waals surface area (Å²) in [5.41, 5.74) is -0.318. The van der Waals surface area contributed by atoms with Gasteiger partial charge in [-0.3, -0.25) is 9.78 Å². The van der Waals surface area contributed by atoms with E-state index in [-0.39, 0.29) is 21.5 Å². The summed E-state index contributed by atoms with van der Waals surface area (Å²) in [6.45, 7) is 1.93.